The molecular formula is C22H27N5O2S. The van der Waals surface area contributed by atoms with E-state index < -0.39 is 10.0 Å². The van der Waals surface area contributed by atoms with Crippen molar-refractivity contribution in [2.24, 2.45) is 0 Å². The molecule has 0 amide bonds. The fourth-order valence-electron chi connectivity index (χ4n) is 3.98. The Bertz CT molecular complexity index is 1140. The van der Waals surface area contributed by atoms with Crippen molar-refractivity contribution < 1.29 is 8.42 Å². The molecule has 2 N–H and O–H groups in total. The normalized spacial score (nSPS) is 16.1. The smallest absolute Gasteiger partial charge is 0.211 e. The lowest BCUT2D eigenvalue weighted by Gasteiger charge is -2.31. The molecule has 1 fully saturated rings. The second-order valence-electron chi connectivity index (χ2n) is 7.81. The average molecular weight is 426 g/mol. The fraction of sp³-hybridized carbons (Fsp3) is 0.364. The molecule has 4 rings (SSSR count). The van der Waals surface area contributed by atoms with Gasteiger partial charge in [0.1, 0.15) is 0 Å². The van der Waals surface area contributed by atoms with Crippen molar-refractivity contribution in [1.29, 1.82) is 0 Å². The van der Waals surface area contributed by atoms with E-state index in [0.717, 1.165) is 52.5 Å². The van der Waals surface area contributed by atoms with Crippen LogP contribution in [0, 0.1) is 0 Å². The summed E-state index contributed by atoms with van der Waals surface area (Å²) in [5.74, 6) is 0. The van der Waals surface area contributed by atoms with Crippen LogP contribution in [0.1, 0.15) is 18.4 Å². The number of rotatable bonds is 6. The highest BCUT2D eigenvalue weighted by Crippen LogP contribution is 2.32. The van der Waals surface area contributed by atoms with Crippen LogP contribution in [0.25, 0.3) is 21.9 Å². The number of aromatic nitrogens is 2. The molecule has 0 unspecified atom stereocenters. The Balaban J connectivity index is 1.64. The first-order chi connectivity index (χ1) is 14.4. The Morgan fingerprint density at radius 1 is 1.07 bits per heavy atom. The molecule has 0 spiro atoms. The predicted molar refractivity (Wildman–Crippen MR) is 121 cm³/mol. The number of hydrogen-bond donors (Lipinski definition) is 2. The standard InChI is InChI=1S/C22H27N5O2S/c1-23-12-16-9-19(14-25-13-16)18-10-17-3-6-24-15-21(17)22(11-18)26-20-4-7-27(8-5-20)30(2,28)29/h3,6,9-11,13-15,20,23,26H,4-5,7-8,12H2,1-2H3. The molecule has 8 heteroatoms. The molecule has 158 valence electrons. The van der Waals surface area contributed by atoms with E-state index in [1.165, 1.54) is 6.26 Å². The molecule has 0 bridgehead atoms. The van der Waals surface area contributed by atoms with E-state index in [4.69, 9.17) is 0 Å². The van der Waals surface area contributed by atoms with Gasteiger partial charge in [0, 0.05) is 67.1 Å². The number of nitrogens with zero attached hydrogens (tertiary/aromatic N) is 3. The Labute approximate surface area is 177 Å². The molecule has 1 aliphatic rings. The topological polar surface area (TPSA) is 87.2 Å². The maximum absolute atomic E-state index is 11.8. The second kappa shape index (κ2) is 8.67. The lowest BCUT2D eigenvalue weighted by Crippen LogP contribution is -2.41. The number of fused-ring (bicyclic) bond motifs is 1. The number of pyridine rings is 2. The van der Waals surface area contributed by atoms with Crippen molar-refractivity contribution >= 4 is 26.5 Å². The van der Waals surface area contributed by atoms with Gasteiger partial charge >= 0.3 is 0 Å². The van der Waals surface area contributed by atoms with Crippen LogP contribution in [0.5, 0.6) is 0 Å². The maximum Gasteiger partial charge on any atom is 0.211 e. The minimum atomic E-state index is -3.12. The quantitative estimate of drug-likeness (QED) is 0.632. The zero-order valence-electron chi connectivity index (χ0n) is 17.3. The zero-order valence-corrected chi connectivity index (χ0v) is 18.1. The first kappa shape index (κ1) is 20.7. The second-order valence-corrected chi connectivity index (χ2v) is 9.80. The van der Waals surface area contributed by atoms with Crippen LogP contribution in [-0.4, -0.2) is 55.1 Å². The summed E-state index contributed by atoms with van der Waals surface area (Å²) in [6.07, 6.45) is 10.3. The van der Waals surface area contributed by atoms with Gasteiger partial charge in [-0.1, -0.05) is 0 Å². The van der Waals surface area contributed by atoms with Crippen LogP contribution >= 0.6 is 0 Å². The molecule has 0 radical (unpaired) electrons. The average Bonchev–Trinajstić information content (AvgIpc) is 2.74. The highest BCUT2D eigenvalue weighted by molar-refractivity contribution is 7.88. The Morgan fingerprint density at radius 3 is 2.60 bits per heavy atom. The minimum Gasteiger partial charge on any atom is -0.382 e. The van der Waals surface area contributed by atoms with Crippen molar-refractivity contribution in [3.63, 3.8) is 0 Å². The van der Waals surface area contributed by atoms with E-state index in [1.807, 2.05) is 31.7 Å². The Morgan fingerprint density at radius 2 is 1.87 bits per heavy atom. The largest absolute Gasteiger partial charge is 0.382 e. The molecular weight excluding hydrogens is 398 g/mol. The van der Waals surface area contributed by atoms with Crippen molar-refractivity contribution in [1.82, 2.24) is 19.6 Å². The van der Waals surface area contributed by atoms with Crippen LogP contribution in [0.3, 0.4) is 0 Å². The fourth-order valence-corrected chi connectivity index (χ4v) is 4.86. The van der Waals surface area contributed by atoms with Gasteiger partial charge in [-0.15, -0.1) is 0 Å². The number of hydrogen-bond acceptors (Lipinski definition) is 6. The van der Waals surface area contributed by atoms with Crippen LogP contribution in [0.15, 0.2) is 49.1 Å². The van der Waals surface area contributed by atoms with Crippen LogP contribution in [0.4, 0.5) is 5.69 Å². The van der Waals surface area contributed by atoms with E-state index in [-0.39, 0.29) is 6.04 Å². The summed E-state index contributed by atoms with van der Waals surface area (Å²) in [7, 11) is -1.20. The summed E-state index contributed by atoms with van der Waals surface area (Å²) >= 11 is 0. The Kier molecular flexibility index (Phi) is 5.99. The molecule has 3 aromatic rings. The van der Waals surface area contributed by atoms with Crippen LogP contribution in [-0.2, 0) is 16.6 Å². The number of sulfonamides is 1. The summed E-state index contributed by atoms with van der Waals surface area (Å²) < 4.78 is 25.1. The van der Waals surface area contributed by atoms with E-state index in [2.05, 4.69) is 38.8 Å². The highest BCUT2D eigenvalue weighted by atomic mass is 32.2. The van der Waals surface area contributed by atoms with Crippen molar-refractivity contribution in [3.05, 3.63) is 54.6 Å². The summed E-state index contributed by atoms with van der Waals surface area (Å²) in [5.41, 5.74) is 4.31. The van der Waals surface area contributed by atoms with Gasteiger partial charge < -0.3 is 10.6 Å². The third-order valence-electron chi connectivity index (χ3n) is 5.55. The van der Waals surface area contributed by atoms with Crippen molar-refractivity contribution in [2.75, 3.05) is 31.7 Å². The molecule has 1 aromatic carbocycles. The van der Waals surface area contributed by atoms with Crippen molar-refractivity contribution in [2.45, 2.75) is 25.4 Å². The van der Waals surface area contributed by atoms with Gasteiger partial charge in [-0.3, -0.25) is 9.97 Å². The van der Waals surface area contributed by atoms with Crippen molar-refractivity contribution in [3.8, 4) is 11.1 Å². The highest BCUT2D eigenvalue weighted by Gasteiger charge is 2.25. The van der Waals surface area contributed by atoms with Gasteiger partial charge in [0.15, 0.2) is 0 Å². The third-order valence-corrected chi connectivity index (χ3v) is 6.85. The first-order valence-electron chi connectivity index (χ1n) is 10.1. The molecule has 1 saturated heterocycles. The molecule has 0 saturated carbocycles. The van der Waals surface area contributed by atoms with Gasteiger partial charge in [0.05, 0.1) is 6.26 Å². The molecule has 1 aliphatic heterocycles. The summed E-state index contributed by atoms with van der Waals surface area (Å²) in [6.45, 7) is 1.85. The summed E-state index contributed by atoms with van der Waals surface area (Å²) in [6, 6.07) is 8.69. The predicted octanol–water partition coefficient (Wildman–Crippen LogP) is 2.85. The molecule has 0 atom stereocenters. The minimum absolute atomic E-state index is 0.218. The lowest BCUT2D eigenvalue weighted by atomic mass is 9.99. The van der Waals surface area contributed by atoms with E-state index in [1.54, 1.807) is 10.5 Å². The van der Waals surface area contributed by atoms with Gasteiger partial charge in [-0.2, -0.15) is 0 Å². The Hall–Kier alpha value is -2.55. The number of nitrogens with one attached hydrogen (secondary N) is 2. The zero-order chi connectivity index (χ0) is 21.1. The van der Waals surface area contributed by atoms with Gasteiger partial charge in [-0.05, 0) is 60.7 Å². The van der Waals surface area contributed by atoms with E-state index in [0.29, 0.717) is 13.1 Å². The van der Waals surface area contributed by atoms with Gasteiger partial charge in [0.2, 0.25) is 10.0 Å². The van der Waals surface area contributed by atoms with E-state index in [9.17, 15) is 8.42 Å². The monoisotopic (exact) mass is 425 g/mol. The first-order valence-corrected chi connectivity index (χ1v) is 12.0. The van der Waals surface area contributed by atoms with Gasteiger partial charge in [-0.25, -0.2) is 12.7 Å². The molecule has 0 aliphatic carbocycles. The number of anilines is 1. The molecule has 2 aromatic heterocycles. The lowest BCUT2D eigenvalue weighted by molar-refractivity contribution is 0.332. The van der Waals surface area contributed by atoms with Crippen LogP contribution in [0.2, 0.25) is 0 Å². The summed E-state index contributed by atoms with van der Waals surface area (Å²) in [4.78, 5) is 8.70. The summed E-state index contributed by atoms with van der Waals surface area (Å²) in [5, 5.41) is 8.99. The molecule has 3 heterocycles. The SMILES string of the molecule is CNCc1cncc(-c2cc(NC3CCN(S(C)(=O)=O)CC3)c3cnccc3c2)c1. The molecule has 7 nitrogen and oxygen atoms in total. The van der Waals surface area contributed by atoms with Gasteiger partial charge in [0.25, 0.3) is 0 Å². The number of benzene rings is 1. The van der Waals surface area contributed by atoms with E-state index >= 15 is 0 Å². The molecule has 30 heavy (non-hydrogen) atoms. The number of piperidine rings is 1. The van der Waals surface area contributed by atoms with Crippen LogP contribution < -0.4 is 10.6 Å². The maximum atomic E-state index is 11.8. The third kappa shape index (κ3) is 4.61.